The van der Waals surface area contributed by atoms with Gasteiger partial charge in [0, 0.05) is 23.4 Å². The van der Waals surface area contributed by atoms with Crippen LogP contribution in [0.4, 0.5) is 0 Å². The lowest BCUT2D eigenvalue weighted by Gasteiger charge is -2.51. The molecule has 2 aromatic carbocycles. The van der Waals surface area contributed by atoms with Crippen LogP contribution in [0.5, 0.6) is 0 Å². The van der Waals surface area contributed by atoms with Gasteiger partial charge in [0.1, 0.15) is 0 Å². The molecular formula is C46H56N2. The third-order valence-corrected chi connectivity index (χ3v) is 13.6. The van der Waals surface area contributed by atoms with Crippen LogP contribution in [0.2, 0.25) is 0 Å². The molecule has 2 unspecified atom stereocenters. The molecular weight excluding hydrogens is 581 g/mol. The standard InChI is InChI=1S/C46H56N2/c1-4-13-33(14-5-1)35-23-28-39(29-24-35)47(40-30-25-36(26-31-40)34-15-6-2-7-16-34)44-22-12-17-37-27-32-42-41-20-10-11-21-43(41)48(46(42)45(37)44)38-18-8-3-9-19-38/h1-2,4-7,13-16,21,23-24,28,30,36,38-39,41-42,44,46H,3,8-12,17-20,22,25-27,29,31-32H2/t36-,39?,41+,42?,44-,46+/m1/s1. The summed E-state index contributed by atoms with van der Waals surface area (Å²) in [5, 5.41) is 0. The Labute approximate surface area is 290 Å². The molecule has 1 saturated heterocycles. The van der Waals surface area contributed by atoms with E-state index in [0.717, 1.165) is 24.3 Å². The van der Waals surface area contributed by atoms with Gasteiger partial charge in [0.05, 0.1) is 18.1 Å². The van der Waals surface area contributed by atoms with Crippen LogP contribution >= 0.6 is 0 Å². The van der Waals surface area contributed by atoms with Crippen molar-refractivity contribution >= 4 is 5.57 Å². The van der Waals surface area contributed by atoms with Crippen molar-refractivity contribution in [1.82, 2.24) is 9.80 Å². The number of rotatable bonds is 6. The minimum Gasteiger partial charge on any atom is -0.365 e. The number of hydrogen-bond donors (Lipinski definition) is 0. The first kappa shape index (κ1) is 30.8. The number of nitrogens with zero attached hydrogens (tertiary/aromatic N) is 2. The van der Waals surface area contributed by atoms with Crippen LogP contribution in [-0.2, 0) is 0 Å². The molecule has 2 nitrogen and oxygen atoms in total. The first-order valence-electron chi connectivity index (χ1n) is 20.0. The lowest BCUT2D eigenvalue weighted by atomic mass is 9.68. The van der Waals surface area contributed by atoms with Crippen molar-refractivity contribution in [2.75, 3.05) is 0 Å². The van der Waals surface area contributed by atoms with E-state index in [9.17, 15) is 0 Å². The second kappa shape index (κ2) is 13.6. The van der Waals surface area contributed by atoms with Crippen LogP contribution < -0.4 is 0 Å². The second-order valence-electron chi connectivity index (χ2n) is 16.2. The zero-order chi connectivity index (χ0) is 31.9. The van der Waals surface area contributed by atoms with Crippen molar-refractivity contribution in [1.29, 1.82) is 0 Å². The van der Waals surface area contributed by atoms with E-state index in [4.69, 9.17) is 0 Å². The predicted molar refractivity (Wildman–Crippen MR) is 200 cm³/mol. The van der Waals surface area contributed by atoms with E-state index in [-0.39, 0.29) is 0 Å². The van der Waals surface area contributed by atoms with Crippen LogP contribution in [0.25, 0.3) is 5.57 Å². The highest BCUT2D eigenvalue weighted by Gasteiger charge is 2.53. The fourth-order valence-electron chi connectivity index (χ4n) is 11.5. The quantitative estimate of drug-likeness (QED) is 0.291. The lowest BCUT2D eigenvalue weighted by molar-refractivity contribution is 0.127. The minimum absolute atomic E-state index is 0.431. The molecule has 0 N–H and O–H groups in total. The Hall–Kier alpha value is -3.26. The molecule has 7 aliphatic rings. The van der Waals surface area contributed by atoms with Crippen LogP contribution in [0, 0.1) is 11.8 Å². The van der Waals surface area contributed by atoms with E-state index >= 15 is 0 Å². The first-order chi connectivity index (χ1) is 23.8. The molecule has 0 aromatic heterocycles. The number of hydrogen-bond acceptors (Lipinski definition) is 2. The van der Waals surface area contributed by atoms with Gasteiger partial charge in [0.2, 0.25) is 0 Å². The highest BCUT2D eigenvalue weighted by molar-refractivity contribution is 5.75. The van der Waals surface area contributed by atoms with Crippen LogP contribution in [0.3, 0.4) is 0 Å². The van der Waals surface area contributed by atoms with Gasteiger partial charge in [-0.05, 0) is 124 Å². The van der Waals surface area contributed by atoms with Crippen molar-refractivity contribution in [2.45, 2.75) is 139 Å². The maximum Gasteiger partial charge on any atom is 0.0559 e. The molecule has 2 fully saturated rings. The Balaban J connectivity index is 1.09. The Morgan fingerprint density at radius 1 is 0.667 bits per heavy atom. The van der Waals surface area contributed by atoms with Crippen molar-refractivity contribution in [3.05, 3.63) is 125 Å². The highest BCUT2D eigenvalue weighted by atomic mass is 15.3. The van der Waals surface area contributed by atoms with Crippen LogP contribution in [0.1, 0.15) is 126 Å². The summed E-state index contributed by atoms with van der Waals surface area (Å²) in [5.41, 5.74) is 11.5. The summed E-state index contributed by atoms with van der Waals surface area (Å²) < 4.78 is 0. The normalized spacial score (nSPS) is 32.1. The molecule has 0 amide bonds. The molecule has 6 atom stereocenters. The van der Waals surface area contributed by atoms with Gasteiger partial charge in [-0.1, -0.05) is 116 Å². The molecule has 1 heterocycles. The fourth-order valence-corrected chi connectivity index (χ4v) is 11.5. The van der Waals surface area contributed by atoms with Gasteiger partial charge in [0.15, 0.2) is 0 Å². The molecule has 250 valence electrons. The average Bonchev–Trinajstić information content (AvgIpc) is 3.51. The lowest BCUT2D eigenvalue weighted by Crippen LogP contribution is -2.52. The van der Waals surface area contributed by atoms with Crippen molar-refractivity contribution in [3.63, 3.8) is 0 Å². The number of fused-ring (bicyclic) bond motifs is 4. The molecule has 48 heavy (non-hydrogen) atoms. The zero-order valence-electron chi connectivity index (χ0n) is 29.1. The van der Waals surface area contributed by atoms with Gasteiger partial charge in [-0.15, -0.1) is 0 Å². The maximum absolute atomic E-state index is 3.13. The van der Waals surface area contributed by atoms with E-state index < -0.39 is 0 Å². The first-order valence-corrected chi connectivity index (χ1v) is 20.0. The Morgan fingerprint density at radius 3 is 2.27 bits per heavy atom. The van der Waals surface area contributed by atoms with E-state index in [2.05, 4.69) is 101 Å². The summed E-state index contributed by atoms with van der Waals surface area (Å²) in [6.07, 6.45) is 35.8. The van der Waals surface area contributed by atoms with E-state index in [0.29, 0.717) is 24.0 Å². The largest absolute Gasteiger partial charge is 0.365 e. The molecule has 0 radical (unpaired) electrons. The summed E-state index contributed by atoms with van der Waals surface area (Å²) in [5.74, 6) is 2.28. The van der Waals surface area contributed by atoms with Gasteiger partial charge in [-0.3, -0.25) is 0 Å². The number of likely N-dealkylation sites (tertiary alicyclic amines) is 1. The van der Waals surface area contributed by atoms with Crippen LogP contribution in [-0.4, -0.2) is 34.0 Å². The smallest absolute Gasteiger partial charge is 0.0559 e. The van der Waals surface area contributed by atoms with Gasteiger partial charge in [-0.25, -0.2) is 0 Å². The zero-order valence-corrected chi connectivity index (χ0v) is 29.1. The summed E-state index contributed by atoms with van der Waals surface area (Å²) >= 11 is 0. The Bertz CT molecular complexity index is 1600. The molecule has 1 saturated carbocycles. The molecule has 9 rings (SSSR count). The van der Waals surface area contributed by atoms with Gasteiger partial charge in [-0.2, -0.15) is 0 Å². The summed E-state index contributed by atoms with van der Waals surface area (Å²) in [4.78, 5) is 6.16. The van der Waals surface area contributed by atoms with Gasteiger partial charge in [0.25, 0.3) is 0 Å². The van der Waals surface area contributed by atoms with Crippen molar-refractivity contribution in [2.24, 2.45) is 11.8 Å². The highest BCUT2D eigenvalue weighted by Crippen LogP contribution is 2.56. The van der Waals surface area contributed by atoms with Crippen LogP contribution in [0.15, 0.2) is 114 Å². The van der Waals surface area contributed by atoms with Gasteiger partial charge < -0.3 is 9.80 Å². The summed E-state index contributed by atoms with van der Waals surface area (Å²) in [6, 6.07) is 24.8. The predicted octanol–water partition coefficient (Wildman–Crippen LogP) is 11.5. The summed E-state index contributed by atoms with van der Waals surface area (Å²) in [7, 11) is 0. The molecule has 6 aliphatic carbocycles. The average molecular weight is 637 g/mol. The Kier molecular flexibility index (Phi) is 8.70. The molecule has 0 bridgehead atoms. The second-order valence-corrected chi connectivity index (χ2v) is 16.2. The van der Waals surface area contributed by atoms with Gasteiger partial charge >= 0.3 is 0 Å². The Morgan fingerprint density at radius 2 is 1.50 bits per heavy atom. The third-order valence-electron chi connectivity index (χ3n) is 13.6. The summed E-state index contributed by atoms with van der Waals surface area (Å²) in [6.45, 7) is 0. The maximum atomic E-state index is 3.13. The topological polar surface area (TPSA) is 6.48 Å². The molecule has 0 spiro atoms. The minimum atomic E-state index is 0.431. The molecule has 1 aliphatic heterocycles. The SMILES string of the molecule is C1=CC(N(C2=CC[C@@H](c3ccccc3)CC2)[C@@H]2CCCC3=C2[C@@H]2C(CC3)[C@@H]3CCCC=C3N2C2CCCCC2)CC=C1c1ccccc1. The fraction of sp³-hybridized carbons (Fsp3) is 0.522. The van der Waals surface area contributed by atoms with E-state index in [1.165, 1.54) is 119 Å². The monoisotopic (exact) mass is 636 g/mol. The number of allylic oxidation sites excluding steroid dienone is 7. The van der Waals surface area contributed by atoms with Crippen molar-refractivity contribution in [3.8, 4) is 0 Å². The van der Waals surface area contributed by atoms with E-state index in [1.807, 2.05) is 11.1 Å². The van der Waals surface area contributed by atoms with E-state index in [1.54, 1.807) is 11.4 Å². The molecule has 2 heteroatoms. The third kappa shape index (κ3) is 5.66. The van der Waals surface area contributed by atoms with Crippen molar-refractivity contribution < 1.29 is 0 Å². The molecule has 2 aromatic rings. The number of benzene rings is 2.